The zero-order chi connectivity index (χ0) is 22.6. The van der Waals surface area contributed by atoms with Gasteiger partial charge < -0.3 is 0 Å². The summed E-state index contributed by atoms with van der Waals surface area (Å²) in [6, 6.07) is 17.4. The second-order valence-corrected chi connectivity index (χ2v) is 11.0. The first kappa shape index (κ1) is 21.4. The summed E-state index contributed by atoms with van der Waals surface area (Å²) in [6.45, 7) is 15.9. The number of aryl methyl sites for hydroxylation is 2. The molecule has 31 heavy (non-hydrogen) atoms. The van der Waals surface area contributed by atoms with Crippen LogP contribution < -0.4 is 4.68 Å². The van der Waals surface area contributed by atoms with Gasteiger partial charge in [-0.05, 0) is 63.2 Å². The molecule has 1 heterocycles. The van der Waals surface area contributed by atoms with E-state index in [0.29, 0.717) is 0 Å². The minimum atomic E-state index is 0.0301. The van der Waals surface area contributed by atoms with Crippen molar-refractivity contribution in [2.45, 2.75) is 60.3 Å². The van der Waals surface area contributed by atoms with E-state index in [4.69, 9.17) is 10.1 Å². The Morgan fingerprint density at radius 1 is 0.871 bits per heavy atom. The lowest BCUT2D eigenvalue weighted by molar-refractivity contribution is -0.720. The van der Waals surface area contributed by atoms with Gasteiger partial charge in [0.25, 0.3) is 0 Å². The number of fused-ring (bicyclic) bond motifs is 2. The molecule has 0 spiro atoms. The van der Waals surface area contributed by atoms with Crippen LogP contribution in [-0.2, 0) is 18.9 Å². The number of hydrogen-bond acceptors (Lipinski definition) is 2. The van der Waals surface area contributed by atoms with Crippen LogP contribution in [0.4, 0.5) is 0 Å². The molecule has 0 aliphatic heterocycles. The van der Waals surface area contributed by atoms with Crippen LogP contribution in [0.15, 0.2) is 48.5 Å². The predicted molar refractivity (Wildman–Crippen MR) is 130 cm³/mol. The van der Waals surface area contributed by atoms with Gasteiger partial charge in [0.2, 0.25) is 5.52 Å². The average Bonchev–Trinajstić information content (AvgIpc) is 2.66. The molecular weight excluding hydrogens is 378 g/mol. The molecule has 0 aliphatic carbocycles. The minimum absolute atomic E-state index is 0.0301. The zero-order valence-electron chi connectivity index (χ0n) is 20.2. The Balaban J connectivity index is 2.04. The van der Waals surface area contributed by atoms with Gasteiger partial charge in [0.05, 0.1) is 5.56 Å². The van der Waals surface area contributed by atoms with Crippen molar-refractivity contribution >= 4 is 21.8 Å². The molecule has 0 saturated heterocycles. The van der Waals surface area contributed by atoms with E-state index >= 15 is 0 Å². The topological polar surface area (TPSA) is 29.7 Å². The Morgan fingerprint density at radius 2 is 1.55 bits per heavy atom. The summed E-state index contributed by atoms with van der Waals surface area (Å²) < 4.78 is 1.94. The molecule has 0 fully saturated rings. The SMILES string of the molecule is Cc1c(-c2nc3c(CC(C)(C)C)cccc3n[n+]2C)cc(C(C)(C)C)c2ccccc12. The van der Waals surface area contributed by atoms with Gasteiger partial charge >= 0.3 is 5.82 Å². The molecular formula is C28H34N3+. The van der Waals surface area contributed by atoms with E-state index in [0.717, 1.165) is 28.8 Å². The second kappa shape index (κ2) is 7.40. The largest absolute Gasteiger partial charge is 0.351 e. The highest BCUT2D eigenvalue weighted by Gasteiger charge is 2.26. The van der Waals surface area contributed by atoms with Crippen molar-refractivity contribution in [3.63, 3.8) is 0 Å². The number of aromatic nitrogens is 3. The van der Waals surface area contributed by atoms with Crippen LogP contribution in [0.1, 0.15) is 58.2 Å². The van der Waals surface area contributed by atoms with Crippen molar-refractivity contribution in [2.75, 3.05) is 0 Å². The van der Waals surface area contributed by atoms with Gasteiger partial charge in [-0.1, -0.05) is 83.0 Å². The zero-order valence-corrected chi connectivity index (χ0v) is 20.2. The van der Waals surface area contributed by atoms with E-state index in [2.05, 4.69) is 97.0 Å². The van der Waals surface area contributed by atoms with Crippen LogP contribution in [0.5, 0.6) is 0 Å². The minimum Gasteiger partial charge on any atom is -0.133 e. The highest BCUT2D eigenvalue weighted by molar-refractivity contribution is 5.94. The van der Waals surface area contributed by atoms with Gasteiger partial charge in [-0.3, -0.25) is 0 Å². The molecule has 3 nitrogen and oxygen atoms in total. The van der Waals surface area contributed by atoms with E-state index in [1.165, 1.54) is 27.5 Å². The maximum atomic E-state index is 5.22. The summed E-state index contributed by atoms with van der Waals surface area (Å²) in [7, 11) is 2.00. The van der Waals surface area contributed by atoms with Crippen molar-refractivity contribution < 1.29 is 4.68 Å². The molecule has 3 aromatic carbocycles. The van der Waals surface area contributed by atoms with Gasteiger partial charge in [0, 0.05) is 5.56 Å². The maximum absolute atomic E-state index is 5.22. The second-order valence-electron chi connectivity index (χ2n) is 11.0. The highest BCUT2D eigenvalue weighted by Crippen LogP contribution is 2.37. The Kier molecular flexibility index (Phi) is 5.12. The highest BCUT2D eigenvalue weighted by atomic mass is 15.3. The summed E-state index contributed by atoms with van der Waals surface area (Å²) >= 11 is 0. The first-order valence-electron chi connectivity index (χ1n) is 11.1. The summed E-state index contributed by atoms with van der Waals surface area (Å²) in [5, 5.41) is 7.52. The average molecular weight is 413 g/mol. The molecule has 1 aromatic heterocycles. The number of rotatable bonds is 2. The van der Waals surface area contributed by atoms with Crippen molar-refractivity contribution in [2.24, 2.45) is 12.5 Å². The van der Waals surface area contributed by atoms with E-state index in [9.17, 15) is 0 Å². The van der Waals surface area contributed by atoms with Gasteiger partial charge in [0.1, 0.15) is 7.05 Å². The van der Waals surface area contributed by atoms with Gasteiger partial charge in [-0.15, -0.1) is 4.68 Å². The van der Waals surface area contributed by atoms with Gasteiger partial charge in [-0.2, -0.15) is 0 Å². The monoisotopic (exact) mass is 412 g/mol. The Hall–Kier alpha value is -2.81. The normalized spacial score (nSPS) is 12.6. The molecule has 0 unspecified atom stereocenters. The molecule has 0 bridgehead atoms. The molecule has 4 rings (SSSR count). The summed E-state index contributed by atoms with van der Waals surface area (Å²) in [5.41, 5.74) is 7.18. The van der Waals surface area contributed by atoms with Gasteiger partial charge in [-0.25, -0.2) is 0 Å². The van der Waals surface area contributed by atoms with Crippen molar-refractivity contribution in [3.8, 4) is 11.4 Å². The fourth-order valence-electron chi connectivity index (χ4n) is 4.50. The van der Waals surface area contributed by atoms with Crippen LogP contribution in [0, 0.1) is 12.3 Å². The predicted octanol–water partition coefficient (Wildman–Crippen LogP) is 6.47. The summed E-state index contributed by atoms with van der Waals surface area (Å²) in [5.74, 6) is 0.919. The first-order chi connectivity index (χ1) is 14.5. The first-order valence-corrected chi connectivity index (χ1v) is 11.1. The van der Waals surface area contributed by atoms with Gasteiger partial charge in [0.15, 0.2) is 5.52 Å². The summed E-state index contributed by atoms with van der Waals surface area (Å²) in [4.78, 5) is 5.22. The molecule has 3 heteroatoms. The number of hydrogen-bond donors (Lipinski definition) is 0. The molecule has 0 aliphatic rings. The molecule has 4 aromatic rings. The number of nitrogens with zero attached hydrogens (tertiary/aromatic N) is 3. The van der Waals surface area contributed by atoms with Crippen LogP contribution in [0.25, 0.3) is 33.2 Å². The lowest BCUT2D eigenvalue weighted by Gasteiger charge is -2.23. The van der Waals surface area contributed by atoms with Crippen LogP contribution in [0.3, 0.4) is 0 Å². The fourth-order valence-corrected chi connectivity index (χ4v) is 4.50. The van der Waals surface area contributed by atoms with E-state index in [1.54, 1.807) is 0 Å². The quantitative estimate of drug-likeness (QED) is 0.353. The van der Waals surface area contributed by atoms with E-state index in [-0.39, 0.29) is 10.8 Å². The standard InChI is InChI=1S/C28H34N3/c1-18-20-13-9-10-14-21(20)23(28(5,6)7)16-22(18)26-29-25-19(17-27(2,3)4)12-11-15-24(25)30-31(26)8/h9-16H,17H2,1-8H3/q+1. The summed E-state index contributed by atoms with van der Waals surface area (Å²) in [6.07, 6.45) is 0.968. The third-order valence-corrected chi connectivity index (χ3v) is 5.96. The number of para-hydroxylation sites is 1. The third kappa shape index (κ3) is 4.06. The lowest BCUT2D eigenvalue weighted by atomic mass is 9.81. The Bertz CT molecular complexity index is 1290. The molecule has 0 amide bonds. The van der Waals surface area contributed by atoms with Crippen molar-refractivity contribution in [1.82, 2.24) is 10.1 Å². The molecule has 0 saturated carbocycles. The number of benzene rings is 3. The third-order valence-electron chi connectivity index (χ3n) is 5.96. The van der Waals surface area contributed by atoms with Crippen molar-refractivity contribution in [1.29, 1.82) is 0 Å². The molecule has 160 valence electrons. The smallest absolute Gasteiger partial charge is 0.133 e. The fraction of sp³-hybridized carbons (Fsp3) is 0.393. The van der Waals surface area contributed by atoms with Crippen LogP contribution in [-0.4, -0.2) is 10.1 Å². The molecule has 0 N–H and O–H groups in total. The lowest BCUT2D eigenvalue weighted by Crippen LogP contribution is -2.37. The van der Waals surface area contributed by atoms with Crippen molar-refractivity contribution in [3.05, 3.63) is 65.2 Å². The van der Waals surface area contributed by atoms with Crippen LogP contribution >= 0.6 is 0 Å². The van der Waals surface area contributed by atoms with Crippen LogP contribution in [0.2, 0.25) is 0 Å². The Labute approximate surface area is 186 Å². The van der Waals surface area contributed by atoms with E-state index in [1.807, 2.05) is 11.7 Å². The maximum Gasteiger partial charge on any atom is 0.351 e. The Morgan fingerprint density at radius 3 is 2.19 bits per heavy atom. The molecule has 0 atom stereocenters. The van der Waals surface area contributed by atoms with E-state index < -0.39 is 0 Å². The molecule has 0 radical (unpaired) electrons.